The second-order valence-electron chi connectivity index (χ2n) is 38.9. The Hall–Kier alpha value is -7.54. The Morgan fingerprint density at radius 1 is 0.193 bits per heavy atom. The van der Waals surface area contributed by atoms with Crippen molar-refractivity contribution in [3.63, 3.8) is 0 Å². The predicted octanol–water partition coefficient (Wildman–Crippen LogP) is 34.1. The highest BCUT2D eigenvalue weighted by atomic mass is 14.7. The van der Waals surface area contributed by atoms with Crippen LogP contribution in [0.25, 0.3) is 21.9 Å². The fourth-order valence-corrected chi connectivity index (χ4v) is 22.1. The van der Waals surface area contributed by atoms with Crippen molar-refractivity contribution in [2.45, 2.75) is 344 Å². The summed E-state index contributed by atoms with van der Waals surface area (Å²) in [6.45, 7) is 104. The van der Waals surface area contributed by atoms with Crippen LogP contribution in [0.5, 0.6) is 0 Å². The molecule has 0 aliphatic heterocycles. The van der Waals surface area contributed by atoms with Gasteiger partial charge in [-0.15, -0.1) is 0 Å². The smallest absolute Gasteiger partial charge is 0.00149 e. The second kappa shape index (κ2) is 42.0. The first kappa shape index (κ1) is 100. The Balaban J connectivity index is 0.000000219. The molecule has 0 heterocycles. The number of fused-ring (bicyclic) bond motifs is 1. The zero-order valence-corrected chi connectivity index (χ0v) is 85.0. The minimum Gasteiger partial charge on any atom is -0.0622 e. The largest absolute Gasteiger partial charge is 0.0622 e. The van der Waals surface area contributed by atoms with Crippen LogP contribution in [0.4, 0.5) is 0 Å². The van der Waals surface area contributed by atoms with Gasteiger partial charge in [-0.2, -0.15) is 0 Å². The summed E-state index contributed by atoms with van der Waals surface area (Å²) in [6.07, 6.45) is 5.78. The molecule has 119 heavy (non-hydrogen) atoms. The van der Waals surface area contributed by atoms with Crippen LogP contribution in [0.1, 0.15) is 300 Å². The van der Waals surface area contributed by atoms with E-state index in [9.17, 15) is 0 Å². The van der Waals surface area contributed by atoms with Crippen molar-refractivity contribution in [1.82, 2.24) is 0 Å². The highest BCUT2D eigenvalue weighted by Gasteiger charge is 2.61. The Bertz CT molecular complexity index is 4610. The third-order valence-corrected chi connectivity index (χ3v) is 34.9. The van der Waals surface area contributed by atoms with E-state index in [0.29, 0.717) is 5.41 Å². The van der Waals surface area contributed by atoms with Crippen LogP contribution in [0.3, 0.4) is 0 Å². The number of hydrogen-bond acceptors (Lipinski definition) is 0. The molecule has 2 aliphatic rings. The fraction of sp³-hybridized carbons (Fsp3) is 0.513. The summed E-state index contributed by atoms with van der Waals surface area (Å²) in [5.74, 6) is 8.55. The van der Waals surface area contributed by atoms with Crippen LogP contribution in [-0.4, -0.2) is 0 Å². The van der Waals surface area contributed by atoms with E-state index in [0.717, 1.165) is 72.0 Å². The van der Waals surface area contributed by atoms with Crippen molar-refractivity contribution in [2.24, 2.45) is 64.6 Å². The van der Waals surface area contributed by atoms with Crippen molar-refractivity contribution in [3.05, 3.63) is 308 Å². The molecule has 646 valence electrons. The predicted molar refractivity (Wildman–Crippen MR) is 534 cm³/mol. The maximum Gasteiger partial charge on any atom is -0.00149 e. The van der Waals surface area contributed by atoms with Crippen molar-refractivity contribution in [2.75, 3.05) is 0 Å². The molecule has 0 N–H and O–H groups in total. The molecule has 0 aromatic heterocycles. The average Bonchev–Trinajstić information content (AvgIpc) is 0.708. The van der Waals surface area contributed by atoms with Crippen molar-refractivity contribution in [1.29, 1.82) is 0 Å². The summed E-state index contributed by atoms with van der Waals surface area (Å²) in [5.41, 5.74) is 60.2. The van der Waals surface area contributed by atoms with Gasteiger partial charge in [-0.25, -0.2) is 0 Å². The van der Waals surface area contributed by atoms with Crippen LogP contribution in [0, 0.1) is 300 Å². The highest BCUT2D eigenvalue weighted by Crippen LogP contribution is 2.66. The second-order valence-corrected chi connectivity index (χ2v) is 38.9. The van der Waals surface area contributed by atoms with Crippen molar-refractivity contribution < 1.29 is 0 Å². The lowest BCUT2D eigenvalue weighted by molar-refractivity contribution is -0.191. The van der Waals surface area contributed by atoms with E-state index in [-0.39, 0.29) is 0 Å². The molecule has 0 saturated heterocycles. The van der Waals surface area contributed by atoms with E-state index >= 15 is 0 Å². The minimum atomic E-state index is 0.538. The molecule has 0 heteroatoms. The summed E-state index contributed by atoms with van der Waals surface area (Å²) in [5, 5.41) is 2.97. The van der Waals surface area contributed by atoms with E-state index in [1.165, 1.54) is 258 Å². The SMILES string of the molecule is CC1C(C)C(C)C2(C(C)C1C)C(C)C(C)C(C)C(C)C2C.CCc1ccccc1.Cc1c(C)c(C)c(-c2c(C)c(C)c(C)c(C)c2C)c(C)c1C.Cc1c(C)c(C)c(C)c(C)c1C.Cc1c(C)c(C)c(Cc2c(C)c(C)c(C)c(C)c2C)c(C)c1C.Cc1c(C)c(C)c2c(C)c(C)c(C)c(C)c2c1C.c1ccc(CCCc2ccccc2)cc1. The van der Waals surface area contributed by atoms with Gasteiger partial charge in [-0.3, -0.25) is 0 Å². The molecule has 2 saturated carbocycles. The maximum absolute atomic E-state index is 2.59. The van der Waals surface area contributed by atoms with Crippen LogP contribution < -0.4 is 0 Å². The van der Waals surface area contributed by atoms with Crippen LogP contribution >= 0.6 is 0 Å². The van der Waals surface area contributed by atoms with Gasteiger partial charge in [0, 0.05) is 0 Å². The van der Waals surface area contributed by atoms with E-state index < -0.39 is 0 Å². The lowest BCUT2D eigenvalue weighted by atomic mass is 9.38. The molecular weight excluding hydrogens is 1430 g/mol. The molecule has 0 radical (unpaired) electrons. The number of hydrogen-bond donors (Lipinski definition) is 0. The van der Waals surface area contributed by atoms with Gasteiger partial charge in [-0.05, 0) is 571 Å². The molecule has 12 rings (SSSR count). The molecule has 2 aliphatic carbocycles. The summed E-state index contributed by atoms with van der Waals surface area (Å²) in [6, 6.07) is 31.8. The van der Waals surface area contributed by atoms with Gasteiger partial charge in [0.1, 0.15) is 0 Å². The zero-order chi connectivity index (χ0) is 90.2. The Labute approximate surface area is 733 Å². The van der Waals surface area contributed by atoms with E-state index in [1.807, 2.05) is 6.07 Å². The standard InChI is InChI=1S/C23H32.C22H30.C21H40.C18H24.C15H16.C12H18.C8H10/c1-12-14(3)18(7)22(19(8)15(12)4)11-23-20(9)16(5)13(2)17(6)21(23)10;1-11-13(3)17(7)21(18(8)14(11)4)22-19(9)15(5)12(2)16(6)20(22)10;1-11-13(3)17(7)21(18(8)14(11)4)19(9)15(5)12(2)16(6)20(21)10;1-9-10(2)14(6)18-16(8)12(4)11(3)15(7)17(18)13(9)5;1-3-8-14(9-4-1)12-7-13-15-10-5-2-6-11-15;1-7-8(2)10(4)12(6)11(5)9(7)3;1-2-8-6-4-3-5-7-8/h11H2,1-10H3;1-10H3;11-20H,1-10H3;1-8H3;1-6,8-11H,7,12-13H2;1-6H3;3-7H,2H2,1H3. The number of benzene rings is 10. The van der Waals surface area contributed by atoms with E-state index in [4.69, 9.17) is 0 Å². The molecular formula is C119H170. The topological polar surface area (TPSA) is 0 Å². The third-order valence-electron chi connectivity index (χ3n) is 34.9. The van der Waals surface area contributed by atoms with Crippen LogP contribution in [0.15, 0.2) is 91.0 Å². The molecule has 10 aromatic carbocycles. The van der Waals surface area contributed by atoms with E-state index in [1.54, 1.807) is 0 Å². The molecule has 8 unspecified atom stereocenters. The van der Waals surface area contributed by atoms with E-state index in [2.05, 4.69) is 396 Å². The monoisotopic (exact) mass is 1600 g/mol. The molecule has 0 bridgehead atoms. The molecule has 0 amide bonds. The highest BCUT2D eigenvalue weighted by molar-refractivity contribution is 5.97. The average molecular weight is 1600 g/mol. The van der Waals surface area contributed by atoms with Gasteiger partial charge in [0.2, 0.25) is 0 Å². The quantitative estimate of drug-likeness (QED) is 0.142. The third kappa shape index (κ3) is 20.4. The molecule has 2 fully saturated rings. The Morgan fingerprint density at radius 3 is 0.546 bits per heavy atom. The fourth-order valence-electron chi connectivity index (χ4n) is 22.1. The molecule has 1 spiro atoms. The van der Waals surface area contributed by atoms with Crippen LogP contribution in [-0.2, 0) is 25.7 Å². The van der Waals surface area contributed by atoms with Gasteiger partial charge >= 0.3 is 0 Å². The van der Waals surface area contributed by atoms with Gasteiger partial charge < -0.3 is 0 Å². The molecule has 10 aromatic rings. The van der Waals surface area contributed by atoms with Crippen molar-refractivity contribution >= 4 is 10.8 Å². The normalized spacial score (nSPS) is 19.8. The summed E-state index contributed by atoms with van der Waals surface area (Å²) >= 11 is 0. The number of aryl methyl sites for hydroxylation is 7. The van der Waals surface area contributed by atoms with Gasteiger partial charge in [0.15, 0.2) is 0 Å². The summed E-state index contributed by atoms with van der Waals surface area (Å²) < 4.78 is 0. The van der Waals surface area contributed by atoms with Crippen molar-refractivity contribution in [3.8, 4) is 11.1 Å². The maximum atomic E-state index is 2.59. The Morgan fingerprint density at radius 2 is 0.361 bits per heavy atom. The van der Waals surface area contributed by atoms with Crippen LogP contribution in [0.2, 0.25) is 0 Å². The Kier molecular flexibility index (Phi) is 35.4. The zero-order valence-electron chi connectivity index (χ0n) is 85.0. The van der Waals surface area contributed by atoms with Gasteiger partial charge in [-0.1, -0.05) is 167 Å². The van der Waals surface area contributed by atoms with Gasteiger partial charge in [0.25, 0.3) is 0 Å². The first-order valence-electron chi connectivity index (χ1n) is 46.3. The summed E-state index contributed by atoms with van der Waals surface area (Å²) in [7, 11) is 0. The van der Waals surface area contributed by atoms with Gasteiger partial charge in [0.05, 0.1) is 0 Å². The minimum absolute atomic E-state index is 0.538. The first-order chi connectivity index (χ1) is 55.4. The molecule has 8 atom stereocenters. The lowest BCUT2D eigenvalue weighted by Crippen LogP contribution is -2.62. The first-order valence-corrected chi connectivity index (χ1v) is 46.3. The summed E-state index contributed by atoms with van der Waals surface area (Å²) in [4.78, 5) is 0. The molecule has 0 nitrogen and oxygen atoms in total. The number of rotatable bonds is 8. The lowest BCUT2D eigenvalue weighted by Gasteiger charge is -2.67.